The molecule has 0 bridgehead atoms. The van der Waals surface area contributed by atoms with E-state index >= 15 is 0 Å². The van der Waals surface area contributed by atoms with Crippen molar-refractivity contribution in [2.45, 2.75) is 39.3 Å². The van der Waals surface area contributed by atoms with Crippen LogP contribution in [0.4, 0.5) is 0 Å². The summed E-state index contributed by atoms with van der Waals surface area (Å²) in [5.74, 6) is 0. The molecule has 0 aliphatic carbocycles. The van der Waals surface area contributed by atoms with Gasteiger partial charge in [-0.1, -0.05) is 31.2 Å². The molecule has 0 amide bonds. The van der Waals surface area contributed by atoms with Crippen molar-refractivity contribution in [2.24, 2.45) is 0 Å². The lowest BCUT2D eigenvalue weighted by Gasteiger charge is -2.18. The van der Waals surface area contributed by atoms with Crippen molar-refractivity contribution in [3.05, 3.63) is 58.2 Å². The maximum absolute atomic E-state index is 4.76. The van der Waals surface area contributed by atoms with Crippen molar-refractivity contribution in [3.63, 3.8) is 0 Å². The molecule has 2 heterocycles. The fourth-order valence-corrected chi connectivity index (χ4v) is 3.39. The highest BCUT2D eigenvalue weighted by Gasteiger charge is 2.14. The number of rotatable bonds is 5. The first-order valence-electron chi connectivity index (χ1n) is 7.73. The van der Waals surface area contributed by atoms with Crippen molar-refractivity contribution in [2.75, 3.05) is 0 Å². The third-order valence-corrected chi connectivity index (χ3v) is 4.89. The number of pyridine rings is 1. The number of fused-ring (bicyclic) bond motifs is 1. The monoisotopic (exact) mass is 311 g/mol. The minimum atomic E-state index is 0.186. The van der Waals surface area contributed by atoms with Gasteiger partial charge in [-0.15, -0.1) is 11.3 Å². The molecule has 1 aromatic carbocycles. The minimum Gasteiger partial charge on any atom is -0.301 e. The Labute approximate surface area is 135 Å². The molecule has 0 unspecified atom stereocenters. The summed E-state index contributed by atoms with van der Waals surface area (Å²) in [6.45, 7) is 6.45. The van der Waals surface area contributed by atoms with Crippen LogP contribution in [0.2, 0.25) is 0 Å². The van der Waals surface area contributed by atoms with Gasteiger partial charge in [0.2, 0.25) is 0 Å². The van der Waals surface area contributed by atoms with E-state index in [0.29, 0.717) is 0 Å². The number of hydrogen-bond donors (Lipinski definition) is 1. The van der Waals surface area contributed by atoms with Gasteiger partial charge in [0.25, 0.3) is 0 Å². The van der Waals surface area contributed by atoms with E-state index in [9.17, 15) is 0 Å². The van der Waals surface area contributed by atoms with Crippen LogP contribution in [-0.2, 0) is 6.42 Å². The predicted molar refractivity (Wildman–Crippen MR) is 93.2 cm³/mol. The second-order valence-electron chi connectivity index (χ2n) is 5.56. The Bertz CT molecular complexity index is 766. The highest BCUT2D eigenvalue weighted by Crippen LogP contribution is 2.22. The summed E-state index contributed by atoms with van der Waals surface area (Å²) in [4.78, 5) is 9.42. The van der Waals surface area contributed by atoms with E-state index in [1.54, 1.807) is 11.3 Å². The van der Waals surface area contributed by atoms with E-state index in [1.807, 2.05) is 12.1 Å². The van der Waals surface area contributed by atoms with Gasteiger partial charge in [0, 0.05) is 22.8 Å². The molecule has 3 nitrogen and oxygen atoms in total. The largest absolute Gasteiger partial charge is 0.301 e. The number of hydrogen-bond acceptors (Lipinski definition) is 4. The maximum atomic E-state index is 4.76. The van der Waals surface area contributed by atoms with Crippen molar-refractivity contribution in [1.29, 1.82) is 0 Å². The molecule has 1 N–H and O–H groups in total. The number of nitrogens with zero attached hydrogens (tertiary/aromatic N) is 2. The fourth-order valence-electron chi connectivity index (χ4n) is 2.56. The molecule has 0 radical (unpaired) electrons. The van der Waals surface area contributed by atoms with E-state index in [-0.39, 0.29) is 12.1 Å². The number of nitrogens with one attached hydrogen (secondary N) is 1. The van der Waals surface area contributed by atoms with Gasteiger partial charge in [-0.05, 0) is 32.4 Å². The summed E-state index contributed by atoms with van der Waals surface area (Å²) < 4.78 is 0. The molecule has 3 rings (SSSR count). The SMILES string of the molecule is CCc1nc([C@H](C)N[C@@H](C)c2ccc3ccccc3n2)cs1. The Hall–Kier alpha value is -1.78. The average molecular weight is 311 g/mol. The van der Waals surface area contributed by atoms with Crippen LogP contribution in [-0.4, -0.2) is 9.97 Å². The van der Waals surface area contributed by atoms with E-state index < -0.39 is 0 Å². The van der Waals surface area contributed by atoms with Gasteiger partial charge in [0.1, 0.15) is 0 Å². The Morgan fingerprint density at radius 1 is 1.00 bits per heavy atom. The molecule has 114 valence electrons. The smallest absolute Gasteiger partial charge is 0.0926 e. The minimum absolute atomic E-state index is 0.186. The number of aryl methyl sites for hydroxylation is 1. The van der Waals surface area contributed by atoms with E-state index in [4.69, 9.17) is 4.98 Å². The van der Waals surface area contributed by atoms with Crippen molar-refractivity contribution < 1.29 is 0 Å². The lowest BCUT2D eigenvalue weighted by molar-refractivity contribution is 0.480. The number of para-hydroxylation sites is 1. The van der Waals surface area contributed by atoms with Crippen LogP contribution >= 0.6 is 11.3 Å². The summed E-state index contributed by atoms with van der Waals surface area (Å²) in [6.07, 6.45) is 0.999. The van der Waals surface area contributed by atoms with Crippen LogP contribution in [0, 0.1) is 0 Å². The van der Waals surface area contributed by atoms with E-state index in [1.165, 1.54) is 10.4 Å². The highest BCUT2D eigenvalue weighted by molar-refractivity contribution is 7.09. The van der Waals surface area contributed by atoms with Crippen LogP contribution in [0.3, 0.4) is 0 Å². The zero-order valence-electron chi connectivity index (χ0n) is 13.2. The zero-order chi connectivity index (χ0) is 15.5. The van der Waals surface area contributed by atoms with Crippen molar-refractivity contribution >= 4 is 22.2 Å². The van der Waals surface area contributed by atoms with Crippen LogP contribution in [0.25, 0.3) is 10.9 Å². The number of benzene rings is 1. The molecule has 0 spiro atoms. The second kappa shape index (κ2) is 6.55. The third-order valence-electron chi connectivity index (χ3n) is 3.88. The Balaban J connectivity index is 1.75. The predicted octanol–water partition coefficient (Wildman–Crippen LogP) is 4.67. The van der Waals surface area contributed by atoms with Gasteiger partial charge >= 0.3 is 0 Å². The van der Waals surface area contributed by atoms with Gasteiger partial charge in [-0.3, -0.25) is 4.98 Å². The van der Waals surface area contributed by atoms with Crippen LogP contribution in [0.5, 0.6) is 0 Å². The summed E-state index contributed by atoms with van der Waals surface area (Å²) in [5, 5.41) is 8.12. The topological polar surface area (TPSA) is 37.8 Å². The summed E-state index contributed by atoms with van der Waals surface area (Å²) in [6, 6.07) is 12.9. The summed E-state index contributed by atoms with van der Waals surface area (Å²) >= 11 is 1.74. The Morgan fingerprint density at radius 2 is 1.77 bits per heavy atom. The lowest BCUT2D eigenvalue weighted by atomic mass is 10.1. The van der Waals surface area contributed by atoms with Gasteiger partial charge < -0.3 is 5.32 Å². The highest BCUT2D eigenvalue weighted by atomic mass is 32.1. The maximum Gasteiger partial charge on any atom is 0.0926 e. The molecule has 0 fully saturated rings. The molecular weight excluding hydrogens is 290 g/mol. The third kappa shape index (κ3) is 3.18. The fraction of sp³-hybridized carbons (Fsp3) is 0.333. The number of aromatic nitrogens is 2. The van der Waals surface area contributed by atoms with Gasteiger partial charge in [0.15, 0.2) is 0 Å². The lowest BCUT2D eigenvalue weighted by Crippen LogP contribution is -2.23. The Kier molecular flexibility index (Phi) is 4.50. The molecule has 4 heteroatoms. The molecule has 2 aromatic heterocycles. The van der Waals surface area contributed by atoms with Crippen LogP contribution in [0.1, 0.15) is 49.3 Å². The standard InChI is InChI=1S/C18H21N3S/c1-4-18-21-17(11-22-18)13(3)19-12(2)15-10-9-14-7-5-6-8-16(14)20-15/h5-13,19H,4H2,1-3H3/t12-,13-/m0/s1. The quantitative estimate of drug-likeness (QED) is 0.744. The molecule has 0 saturated heterocycles. The van der Waals surface area contributed by atoms with E-state index in [2.05, 4.69) is 60.7 Å². The van der Waals surface area contributed by atoms with Gasteiger partial charge in [-0.25, -0.2) is 4.98 Å². The van der Waals surface area contributed by atoms with E-state index in [0.717, 1.165) is 23.3 Å². The first-order chi connectivity index (χ1) is 10.7. The second-order valence-corrected chi connectivity index (χ2v) is 6.50. The average Bonchev–Trinajstić information content (AvgIpc) is 3.03. The molecule has 22 heavy (non-hydrogen) atoms. The molecule has 2 atom stereocenters. The van der Waals surface area contributed by atoms with Gasteiger partial charge in [0.05, 0.1) is 21.9 Å². The molecule has 3 aromatic rings. The number of thiazole rings is 1. The molecule has 0 aliphatic rings. The molecule has 0 aliphatic heterocycles. The normalized spacial score (nSPS) is 14.1. The van der Waals surface area contributed by atoms with Crippen molar-refractivity contribution in [3.8, 4) is 0 Å². The van der Waals surface area contributed by atoms with Crippen molar-refractivity contribution in [1.82, 2.24) is 15.3 Å². The Morgan fingerprint density at radius 3 is 2.55 bits per heavy atom. The summed E-state index contributed by atoms with van der Waals surface area (Å²) in [5.41, 5.74) is 3.23. The zero-order valence-corrected chi connectivity index (χ0v) is 14.0. The molecular formula is C18H21N3S. The van der Waals surface area contributed by atoms with Gasteiger partial charge in [-0.2, -0.15) is 0 Å². The summed E-state index contributed by atoms with van der Waals surface area (Å²) in [7, 11) is 0. The van der Waals surface area contributed by atoms with Crippen LogP contribution < -0.4 is 5.32 Å². The first kappa shape index (κ1) is 15.1. The molecule has 0 saturated carbocycles. The van der Waals surface area contributed by atoms with Crippen LogP contribution in [0.15, 0.2) is 41.8 Å². The first-order valence-corrected chi connectivity index (χ1v) is 8.61.